The molecule has 1 amide bonds. The van der Waals surface area contributed by atoms with Crippen LogP contribution >= 0.6 is 27.5 Å². The van der Waals surface area contributed by atoms with E-state index in [9.17, 15) is 4.79 Å². The molecule has 0 N–H and O–H groups in total. The molecule has 4 heteroatoms. The topological polar surface area (TPSA) is 20.3 Å². The third kappa shape index (κ3) is 3.99. The van der Waals surface area contributed by atoms with Crippen LogP contribution in [0.15, 0.2) is 22.7 Å². The van der Waals surface area contributed by atoms with Gasteiger partial charge in [0.1, 0.15) is 0 Å². The van der Waals surface area contributed by atoms with Crippen LogP contribution < -0.4 is 0 Å². The fourth-order valence-corrected chi connectivity index (χ4v) is 2.28. The second-order valence-corrected chi connectivity index (χ2v) is 5.77. The molecule has 0 heterocycles. The average molecular weight is 333 g/mol. The summed E-state index contributed by atoms with van der Waals surface area (Å²) < 4.78 is 0.791. The molecular weight excluding hydrogens is 314 g/mol. The lowest BCUT2D eigenvalue weighted by atomic mass is 10.1. The van der Waals surface area contributed by atoms with Crippen molar-refractivity contribution in [2.45, 2.75) is 27.2 Å². The van der Waals surface area contributed by atoms with E-state index >= 15 is 0 Å². The van der Waals surface area contributed by atoms with E-state index in [0.29, 0.717) is 23.0 Å². The van der Waals surface area contributed by atoms with Crippen molar-refractivity contribution in [2.75, 3.05) is 13.1 Å². The Bertz CT molecular complexity index is 422. The number of rotatable bonds is 5. The molecule has 0 fully saturated rings. The molecule has 0 saturated heterocycles. The van der Waals surface area contributed by atoms with Crippen molar-refractivity contribution in [1.29, 1.82) is 0 Å². The molecular formula is C14H19BrClNO. The van der Waals surface area contributed by atoms with Crippen molar-refractivity contribution in [3.05, 3.63) is 33.3 Å². The molecule has 0 spiro atoms. The SMILES string of the molecule is CCC(C)CN(CC)C(=O)c1cc(Cl)ccc1Br. The molecule has 18 heavy (non-hydrogen) atoms. The third-order valence-electron chi connectivity index (χ3n) is 3.06. The van der Waals surface area contributed by atoms with Crippen molar-refractivity contribution in [3.8, 4) is 0 Å². The minimum absolute atomic E-state index is 0.0344. The summed E-state index contributed by atoms with van der Waals surface area (Å²) in [6, 6.07) is 5.30. The van der Waals surface area contributed by atoms with E-state index in [1.54, 1.807) is 12.1 Å². The molecule has 1 aromatic rings. The maximum absolute atomic E-state index is 12.4. The van der Waals surface area contributed by atoms with Crippen molar-refractivity contribution in [3.63, 3.8) is 0 Å². The highest BCUT2D eigenvalue weighted by Gasteiger charge is 2.18. The molecule has 0 saturated carbocycles. The maximum Gasteiger partial charge on any atom is 0.255 e. The third-order valence-corrected chi connectivity index (χ3v) is 3.98. The Morgan fingerprint density at radius 3 is 2.67 bits per heavy atom. The van der Waals surface area contributed by atoms with Gasteiger partial charge in [-0.3, -0.25) is 4.79 Å². The summed E-state index contributed by atoms with van der Waals surface area (Å²) in [4.78, 5) is 14.3. The number of hydrogen-bond donors (Lipinski definition) is 0. The number of amides is 1. The van der Waals surface area contributed by atoms with Gasteiger partial charge in [0.2, 0.25) is 0 Å². The molecule has 0 bridgehead atoms. The summed E-state index contributed by atoms with van der Waals surface area (Å²) in [5.74, 6) is 0.541. The molecule has 1 rings (SSSR count). The maximum atomic E-state index is 12.4. The first-order valence-corrected chi connectivity index (χ1v) is 7.41. The van der Waals surface area contributed by atoms with Gasteiger partial charge in [-0.25, -0.2) is 0 Å². The Morgan fingerprint density at radius 1 is 1.44 bits per heavy atom. The van der Waals surface area contributed by atoms with Crippen molar-refractivity contribution in [1.82, 2.24) is 4.90 Å². The predicted molar refractivity (Wildman–Crippen MR) is 80.2 cm³/mol. The van der Waals surface area contributed by atoms with E-state index < -0.39 is 0 Å². The number of benzene rings is 1. The highest BCUT2D eigenvalue weighted by atomic mass is 79.9. The average Bonchev–Trinajstić information content (AvgIpc) is 2.37. The van der Waals surface area contributed by atoms with E-state index in [0.717, 1.165) is 17.4 Å². The Balaban J connectivity index is 2.92. The lowest BCUT2D eigenvalue weighted by Gasteiger charge is -2.24. The molecule has 0 radical (unpaired) electrons. The van der Waals surface area contributed by atoms with Crippen LogP contribution in [-0.2, 0) is 0 Å². The van der Waals surface area contributed by atoms with Crippen LogP contribution in [0.25, 0.3) is 0 Å². The van der Waals surface area contributed by atoms with Gasteiger partial charge in [-0.15, -0.1) is 0 Å². The number of carbonyl (C=O) groups excluding carboxylic acids is 1. The predicted octanol–water partition coefficient (Wildman–Crippen LogP) is 4.61. The van der Waals surface area contributed by atoms with Gasteiger partial charge in [0.15, 0.2) is 0 Å². The first-order chi connectivity index (χ1) is 8.49. The molecule has 2 nitrogen and oxygen atoms in total. The molecule has 0 aliphatic rings. The first kappa shape index (κ1) is 15.5. The molecule has 0 aliphatic carbocycles. The molecule has 0 aliphatic heterocycles. The smallest absolute Gasteiger partial charge is 0.255 e. The Hall–Kier alpha value is -0.540. The number of hydrogen-bond acceptors (Lipinski definition) is 1. The van der Waals surface area contributed by atoms with Crippen LogP contribution in [-0.4, -0.2) is 23.9 Å². The standard InChI is InChI=1S/C14H19BrClNO/c1-4-10(3)9-17(5-2)14(18)12-8-11(16)6-7-13(12)15/h6-8,10H,4-5,9H2,1-3H3. The van der Waals surface area contributed by atoms with E-state index in [-0.39, 0.29) is 5.91 Å². The van der Waals surface area contributed by atoms with Crippen LogP contribution in [0.3, 0.4) is 0 Å². The quantitative estimate of drug-likeness (QED) is 0.771. The summed E-state index contributed by atoms with van der Waals surface area (Å²) >= 11 is 9.36. The molecule has 100 valence electrons. The Morgan fingerprint density at radius 2 is 2.11 bits per heavy atom. The minimum atomic E-state index is 0.0344. The first-order valence-electron chi connectivity index (χ1n) is 6.23. The fraction of sp³-hybridized carbons (Fsp3) is 0.500. The number of carbonyl (C=O) groups is 1. The van der Waals surface area contributed by atoms with Crippen LogP contribution in [0.5, 0.6) is 0 Å². The van der Waals surface area contributed by atoms with Crippen LogP contribution in [0.2, 0.25) is 5.02 Å². The largest absolute Gasteiger partial charge is 0.339 e. The normalized spacial score (nSPS) is 12.3. The van der Waals surface area contributed by atoms with Crippen molar-refractivity contribution >= 4 is 33.4 Å². The van der Waals surface area contributed by atoms with Gasteiger partial charge in [-0.2, -0.15) is 0 Å². The fourth-order valence-electron chi connectivity index (χ4n) is 1.69. The van der Waals surface area contributed by atoms with E-state index in [2.05, 4.69) is 29.8 Å². The van der Waals surface area contributed by atoms with Crippen LogP contribution in [0.4, 0.5) is 0 Å². The Kier molecular flexibility index (Phi) is 6.16. The summed E-state index contributed by atoms with van der Waals surface area (Å²) in [7, 11) is 0. The zero-order valence-electron chi connectivity index (χ0n) is 11.0. The number of halogens is 2. The summed E-state index contributed by atoms with van der Waals surface area (Å²) in [5, 5.41) is 0.584. The summed E-state index contributed by atoms with van der Waals surface area (Å²) in [5.41, 5.74) is 0.632. The van der Waals surface area contributed by atoms with Gasteiger partial charge in [-0.05, 0) is 47.0 Å². The lowest BCUT2D eigenvalue weighted by Crippen LogP contribution is -2.34. The van der Waals surface area contributed by atoms with Crippen molar-refractivity contribution < 1.29 is 4.79 Å². The second-order valence-electron chi connectivity index (χ2n) is 4.48. The molecule has 0 aromatic heterocycles. The van der Waals surface area contributed by atoms with E-state index in [1.807, 2.05) is 17.9 Å². The molecule has 1 unspecified atom stereocenters. The Labute approximate surface area is 122 Å². The number of nitrogens with zero attached hydrogens (tertiary/aromatic N) is 1. The van der Waals surface area contributed by atoms with Crippen LogP contribution in [0, 0.1) is 5.92 Å². The summed E-state index contributed by atoms with van der Waals surface area (Å²) in [6.45, 7) is 7.78. The van der Waals surface area contributed by atoms with Gasteiger partial charge in [-0.1, -0.05) is 31.9 Å². The van der Waals surface area contributed by atoms with Crippen LogP contribution in [0.1, 0.15) is 37.6 Å². The van der Waals surface area contributed by atoms with Gasteiger partial charge < -0.3 is 4.90 Å². The van der Waals surface area contributed by atoms with E-state index in [4.69, 9.17) is 11.6 Å². The molecule has 1 atom stereocenters. The highest BCUT2D eigenvalue weighted by Crippen LogP contribution is 2.23. The van der Waals surface area contributed by atoms with Gasteiger partial charge >= 0.3 is 0 Å². The zero-order valence-corrected chi connectivity index (χ0v) is 13.4. The van der Waals surface area contributed by atoms with Crippen molar-refractivity contribution in [2.24, 2.45) is 5.92 Å². The van der Waals surface area contributed by atoms with Gasteiger partial charge in [0.25, 0.3) is 5.91 Å². The summed E-state index contributed by atoms with van der Waals surface area (Å²) in [6.07, 6.45) is 1.07. The van der Waals surface area contributed by atoms with Gasteiger partial charge in [0.05, 0.1) is 5.56 Å². The monoisotopic (exact) mass is 331 g/mol. The van der Waals surface area contributed by atoms with Gasteiger partial charge in [0, 0.05) is 22.6 Å². The minimum Gasteiger partial charge on any atom is -0.339 e. The zero-order chi connectivity index (χ0) is 13.7. The molecule has 1 aromatic carbocycles. The lowest BCUT2D eigenvalue weighted by molar-refractivity contribution is 0.0740. The van der Waals surface area contributed by atoms with E-state index in [1.165, 1.54) is 0 Å². The highest BCUT2D eigenvalue weighted by molar-refractivity contribution is 9.10. The second kappa shape index (κ2) is 7.15.